The highest BCUT2D eigenvalue weighted by Gasteiger charge is 2.46. The molecule has 210 valence electrons. The molecule has 2 atom stereocenters. The number of ketones is 1. The fraction of sp³-hybridized carbons (Fsp3) is 0.484. The van der Waals surface area contributed by atoms with Crippen LogP contribution in [0.4, 0.5) is 0 Å². The predicted octanol–water partition coefficient (Wildman–Crippen LogP) is 4.96. The van der Waals surface area contributed by atoms with Crippen LogP contribution in [-0.4, -0.2) is 72.1 Å². The van der Waals surface area contributed by atoms with E-state index in [4.69, 9.17) is 14.2 Å². The van der Waals surface area contributed by atoms with Gasteiger partial charge in [-0.2, -0.15) is 0 Å². The quantitative estimate of drug-likeness (QED) is 0.233. The highest BCUT2D eigenvalue weighted by Crippen LogP contribution is 2.43. The summed E-state index contributed by atoms with van der Waals surface area (Å²) in [7, 11) is 0. The van der Waals surface area contributed by atoms with Gasteiger partial charge in [-0.15, -0.1) is 0 Å². The molecule has 8 heteroatoms. The Kier molecular flexibility index (Phi) is 9.17. The van der Waals surface area contributed by atoms with Crippen molar-refractivity contribution in [1.29, 1.82) is 0 Å². The Morgan fingerprint density at radius 1 is 1.03 bits per heavy atom. The fourth-order valence-electron chi connectivity index (χ4n) is 5.42. The fourth-order valence-corrected chi connectivity index (χ4v) is 5.42. The van der Waals surface area contributed by atoms with Crippen molar-refractivity contribution in [1.82, 2.24) is 9.80 Å². The third kappa shape index (κ3) is 5.91. The van der Waals surface area contributed by atoms with Crippen molar-refractivity contribution in [3.05, 3.63) is 58.7 Å². The molecule has 0 radical (unpaired) electrons. The highest BCUT2D eigenvalue weighted by atomic mass is 16.5. The van der Waals surface area contributed by atoms with E-state index in [1.807, 2.05) is 45.0 Å². The Morgan fingerprint density at radius 2 is 1.74 bits per heavy atom. The smallest absolute Gasteiger partial charge is 0.295 e. The van der Waals surface area contributed by atoms with Crippen molar-refractivity contribution in [3.8, 4) is 17.2 Å². The largest absolute Gasteiger partial charge is 0.507 e. The lowest BCUT2D eigenvalue weighted by molar-refractivity contribution is -0.140. The van der Waals surface area contributed by atoms with Gasteiger partial charge in [-0.05, 0) is 88.3 Å². The second-order valence-corrected chi connectivity index (χ2v) is 9.90. The van der Waals surface area contributed by atoms with E-state index in [0.29, 0.717) is 48.8 Å². The van der Waals surface area contributed by atoms with Gasteiger partial charge in [-0.1, -0.05) is 19.9 Å². The molecule has 0 aromatic heterocycles. The van der Waals surface area contributed by atoms with Gasteiger partial charge in [-0.3, -0.25) is 9.59 Å². The molecule has 0 aliphatic carbocycles. The first-order valence-electron chi connectivity index (χ1n) is 14.0. The number of amides is 1. The minimum absolute atomic E-state index is 0.0506. The zero-order valence-corrected chi connectivity index (χ0v) is 23.7. The minimum atomic E-state index is -0.750. The molecule has 2 aromatic rings. The summed E-state index contributed by atoms with van der Waals surface area (Å²) < 4.78 is 17.4. The van der Waals surface area contributed by atoms with Crippen LogP contribution < -0.4 is 14.2 Å². The summed E-state index contributed by atoms with van der Waals surface area (Å²) in [5.41, 5.74) is 2.23. The monoisotopic (exact) mass is 536 g/mol. The summed E-state index contributed by atoms with van der Waals surface area (Å²) >= 11 is 0. The number of benzene rings is 2. The van der Waals surface area contributed by atoms with Crippen molar-refractivity contribution < 1.29 is 28.9 Å². The summed E-state index contributed by atoms with van der Waals surface area (Å²) in [6.07, 6.45) is 1.47. The number of Topliss-reactive ketones (excluding diaryl/α,β-unsaturated/α-hetero) is 1. The molecule has 1 N–H and O–H groups in total. The van der Waals surface area contributed by atoms with Crippen molar-refractivity contribution in [3.63, 3.8) is 0 Å². The molecule has 0 unspecified atom stereocenters. The minimum Gasteiger partial charge on any atom is -0.507 e. The number of hydrogen-bond donors (Lipinski definition) is 1. The number of rotatable bonds is 12. The van der Waals surface area contributed by atoms with Gasteiger partial charge in [0.2, 0.25) is 0 Å². The lowest BCUT2D eigenvalue weighted by Crippen LogP contribution is -2.33. The zero-order chi connectivity index (χ0) is 28.1. The number of nitrogens with zero attached hydrogens (tertiary/aromatic N) is 2. The summed E-state index contributed by atoms with van der Waals surface area (Å²) in [6.45, 7) is 13.9. The van der Waals surface area contributed by atoms with Crippen LogP contribution in [0.1, 0.15) is 63.8 Å². The molecule has 2 aliphatic heterocycles. The number of fused-ring (bicyclic) bond motifs is 1. The number of aliphatic hydroxyl groups excluding tert-OH is 1. The van der Waals surface area contributed by atoms with Crippen molar-refractivity contribution in [2.45, 2.75) is 59.6 Å². The molecule has 2 aliphatic rings. The van der Waals surface area contributed by atoms with E-state index in [1.54, 1.807) is 17.0 Å². The third-order valence-corrected chi connectivity index (χ3v) is 7.36. The Balaban J connectivity index is 1.78. The zero-order valence-electron chi connectivity index (χ0n) is 23.7. The molecule has 39 heavy (non-hydrogen) atoms. The van der Waals surface area contributed by atoms with Gasteiger partial charge in [0.1, 0.15) is 17.6 Å². The number of hydrogen-bond acceptors (Lipinski definition) is 7. The maximum Gasteiger partial charge on any atom is 0.295 e. The van der Waals surface area contributed by atoms with Crippen molar-refractivity contribution >= 4 is 17.4 Å². The summed E-state index contributed by atoms with van der Waals surface area (Å²) in [5, 5.41) is 11.5. The normalized spacial score (nSPS) is 19.9. The molecular formula is C31H40N2O6. The standard InChI is InChI=1S/C31H40N2O6/c1-6-32(7-2)15-10-16-33-28(21-11-14-25(37-8-3)26(19-21)38-9-4)27(30(35)31(33)36)29(34)22-12-13-24-23(18-22)17-20(5)39-24/h11-14,18-20,28,34H,6-10,15-17H2,1-5H3/t20-,28+/m1/s1. The van der Waals surface area contributed by atoms with Crippen LogP contribution >= 0.6 is 0 Å². The summed E-state index contributed by atoms with van der Waals surface area (Å²) in [6, 6.07) is 10.1. The van der Waals surface area contributed by atoms with Crippen LogP contribution in [-0.2, 0) is 16.0 Å². The van der Waals surface area contributed by atoms with Crippen LogP contribution in [0.3, 0.4) is 0 Å². The van der Waals surface area contributed by atoms with Crippen LogP contribution in [0.5, 0.6) is 17.2 Å². The first-order chi connectivity index (χ1) is 18.8. The Labute approximate surface area is 231 Å². The second kappa shape index (κ2) is 12.6. The molecule has 0 saturated carbocycles. The molecule has 0 bridgehead atoms. The highest BCUT2D eigenvalue weighted by molar-refractivity contribution is 6.46. The van der Waals surface area contributed by atoms with Gasteiger partial charge in [-0.25, -0.2) is 0 Å². The molecule has 1 amide bonds. The number of carbonyl (C=O) groups is 2. The number of likely N-dealkylation sites (tertiary alicyclic amines) is 1. The van der Waals surface area contributed by atoms with E-state index < -0.39 is 17.7 Å². The maximum atomic E-state index is 13.5. The van der Waals surface area contributed by atoms with Gasteiger partial charge in [0.15, 0.2) is 11.5 Å². The summed E-state index contributed by atoms with van der Waals surface area (Å²) in [5.74, 6) is 0.436. The molecule has 4 rings (SSSR count). The molecule has 2 aromatic carbocycles. The average Bonchev–Trinajstić information content (AvgIpc) is 3.42. The van der Waals surface area contributed by atoms with E-state index in [2.05, 4.69) is 18.7 Å². The van der Waals surface area contributed by atoms with E-state index in [0.717, 1.165) is 37.4 Å². The first kappa shape index (κ1) is 28.5. The molecule has 1 fully saturated rings. The number of aliphatic hydroxyl groups is 1. The van der Waals surface area contributed by atoms with Crippen LogP contribution in [0.2, 0.25) is 0 Å². The van der Waals surface area contributed by atoms with E-state index >= 15 is 0 Å². The Morgan fingerprint density at radius 3 is 2.44 bits per heavy atom. The number of carbonyl (C=O) groups excluding carboxylic acids is 2. The first-order valence-corrected chi connectivity index (χ1v) is 14.0. The molecule has 2 heterocycles. The van der Waals surface area contributed by atoms with Crippen LogP contribution in [0, 0.1) is 0 Å². The maximum absolute atomic E-state index is 13.5. The van der Waals surface area contributed by atoms with E-state index in [9.17, 15) is 14.7 Å². The number of ether oxygens (including phenoxy) is 3. The second-order valence-electron chi connectivity index (χ2n) is 9.90. The molecule has 8 nitrogen and oxygen atoms in total. The van der Waals surface area contributed by atoms with Crippen molar-refractivity contribution in [2.24, 2.45) is 0 Å². The van der Waals surface area contributed by atoms with E-state index in [1.165, 1.54) is 0 Å². The average molecular weight is 537 g/mol. The van der Waals surface area contributed by atoms with Gasteiger partial charge >= 0.3 is 0 Å². The lowest BCUT2D eigenvalue weighted by Gasteiger charge is -2.27. The van der Waals surface area contributed by atoms with Crippen LogP contribution in [0.25, 0.3) is 5.76 Å². The molecular weight excluding hydrogens is 496 g/mol. The molecule has 1 saturated heterocycles. The topological polar surface area (TPSA) is 88.5 Å². The van der Waals surface area contributed by atoms with Crippen molar-refractivity contribution in [2.75, 3.05) is 39.4 Å². The van der Waals surface area contributed by atoms with Gasteiger partial charge in [0.05, 0.1) is 24.8 Å². The molecule has 0 spiro atoms. The van der Waals surface area contributed by atoms with Gasteiger partial charge < -0.3 is 29.1 Å². The SMILES string of the molecule is CCOc1ccc([C@H]2C(=C(O)c3ccc4c(c3)C[C@@H](C)O4)C(=O)C(=O)N2CCCN(CC)CC)cc1OCC. The third-order valence-electron chi connectivity index (χ3n) is 7.36. The van der Waals surface area contributed by atoms with E-state index in [-0.39, 0.29) is 17.4 Å². The predicted molar refractivity (Wildman–Crippen MR) is 150 cm³/mol. The Bertz CT molecular complexity index is 1240. The van der Waals surface area contributed by atoms with Gasteiger partial charge in [0.25, 0.3) is 11.7 Å². The van der Waals surface area contributed by atoms with Crippen LogP contribution in [0.15, 0.2) is 42.0 Å². The van der Waals surface area contributed by atoms with Gasteiger partial charge in [0, 0.05) is 18.5 Å². The summed E-state index contributed by atoms with van der Waals surface area (Å²) in [4.78, 5) is 30.8. The lowest BCUT2D eigenvalue weighted by atomic mass is 9.94. The Hall–Kier alpha value is -3.52.